The number of aromatic nitrogens is 2. The highest BCUT2D eigenvalue weighted by molar-refractivity contribution is 7.71. The minimum absolute atomic E-state index is 0.0333. The first kappa shape index (κ1) is 27.0. The third-order valence-corrected chi connectivity index (χ3v) is 5.31. The van der Waals surface area contributed by atoms with Crippen LogP contribution < -0.4 is 10.9 Å². The Labute approximate surface area is 203 Å². The van der Waals surface area contributed by atoms with E-state index >= 15 is 0 Å². The molecule has 1 aromatic carbocycles. The smallest absolute Gasteiger partial charge is 0.410 e. The molecular weight excluding hydrogens is 461 g/mol. The van der Waals surface area contributed by atoms with Crippen LogP contribution in [0.1, 0.15) is 31.9 Å². The van der Waals surface area contributed by atoms with Gasteiger partial charge in [-0.3, -0.25) is 9.36 Å². The van der Waals surface area contributed by atoms with E-state index in [1.165, 1.54) is 28.6 Å². The van der Waals surface area contributed by atoms with Crippen molar-refractivity contribution in [3.05, 3.63) is 56.3 Å². The van der Waals surface area contributed by atoms with Gasteiger partial charge in [0.05, 0.1) is 13.2 Å². The molecule has 0 aliphatic heterocycles. The van der Waals surface area contributed by atoms with Crippen molar-refractivity contribution in [2.24, 2.45) is 14.1 Å². The van der Waals surface area contributed by atoms with E-state index in [1.807, 2.05) is 6.07 Å². The summed E-state index contributed by atoms with van der Waals surface area (Å²) in [5, 5.41) is 12.4. The molecule has 0 aliphatic carbocycles. The van der Waals surface area contributed by atoms with Crippen molar-refractivity contribution in [1.29, 1.82) is 5.26 Å². The van der Waals surface area contributed by atoms with E-state index < -0.39 is 17.3 Å². The van der Waals surface area contributed by atoms with Crippen molar-refractivity contribution < 1.29 is 18.7 Å². The Bertz CT molecular complexity index is 1160. The van der Waals surface area contributed by atoms with Crippen LogP contribution in [-0.2, 0) is 30.1 Å². The topological polar surface area (TPSA) is 102 Å². The second-order valence-electron chi connectivity index (χ2n) is 8.61. The molecule has 1 N–H and O–H groups in total. The van der Waals surface area contributed by atoms with Gasteiger partial charge in [0.15, 0.2) is 10.3 Å². The van der Waals surface area contributed by atoms with Gasteiger partial charge in [-0.1, -0.05) is 12.1 Å². The number of hydrogen-bond acceptors (Lipinski definition) is 7. The van der Waals surface area contributed by atoms with E-state index in [9.17, 15) is 19.2 Å². The lowest BCUT2D eigenvalue weighted by atomic mass is 10.2. The van der Waals surface area contributed by atoms with Crippen molar-refractivity contribution in [3.63, 3.8) is 0 Å². The Morgan fingerprint density at radius 1 is 1.21 bits per heavy atom. The predicted molar refractivity (Wildman–Crippen MR) is 129 cm³/mol. The standard InChI is InChI=1S/C23H30FN5O4S/c1-23(2,3)33-22(31)29(15-16-6-8-17(24)9-7-16)11-13-32-12-10-26-19-18(14-25)20(30)28(5)21(34)27(19)4/h6-9,26H,10-13,15H2,1-5H3. The van der Waals surface area contributed by atoms with Crippen LogP contribution >= 0.6 is 12.2 Å². The SMILES string of the molecule is Cn1c(NCCOCCN(Cc2ccc(F)cc2)C(=O)OC(C)(C)C)c(C#N)c(=O)n(C)c1=S. The van der Waals surface area contributed by atoms with Gasteiger partial charge in [-0.25, -0.2) is 9.18 Å². The van der Waals surface area contributed by atoms with Crippen LogP contribution in [0.15, 0.2) is 29.1 Å². The molecule has 1 aromatic heterocycles. The Hall–Kier alpha value is -3.23. The second-order valence-corrected chi connectivity index (χ2v) is 8.97. The fourth-order valence-electron chi connectivity index (χ4n) is 3.04. The first-order chi connectivity index (χ1) is 15.9. The van der Waals surface area contributed by atoms with Crippen molar-refractivity contribution in [1.82, 2.24) is 14.0 Å². The van der Waals surface area contributed by atoms with E-state index in [-0.39, 0.29) is 42.5 Å². The minimum Gasteiger partial charge on any atom is -0.444 e. The lowest BCUT2D eigenvalue weighted by molar-refractivity contribution is 0.0162. The van der Waals surface area contributed by atoms with Crippen molar-refractivity contribution in [3.8, 4) is 6.07 Å². The number of ether oxygens (including phenoxy) is 2. The fraction of sp³-hybridized carbons (Fsp3) is 0.478. The molecular formula is C23H30FN5O4S. The summed E-state index contributed by atoms with van der Waals surface area (Å²) >= 11 is 5.22. The highest BCUT2D eigenvalue weighted by Gasteiger charge is 2.22. The van der Waals surface area contributed by atoms with Gasteiger partial charge in [0.2, 0.25) is 0 Å². The average Bonchev–Trinajstić information content (AvgIpc) is 2.77. The second kappa shape index (κ2) is 11.8. The number of anilines is 1. The molecule has 0 fully saturated rings. The van der Waals surface area contributed by atoms with E-state index in [2.05, 4.69) is 5.32 Å². The van der Waals surface area contributed by atoms with Crippen molar-refractivity contribution >= 4 is 24.1 Å². The maximum absolute atomic E-state index is 13.2. The Morgan fingerprint density at radius 2 is 1.85 bits per heavy atom. The maximum Gasteiger partial charge on any atom is 0.410 e. The average molecular weight is 492 g/mol. The van der Waals surface area contributed by atoms with Gasteiger partial charge in [0, 0.05) is 33.7 Å². The molecule has 2 aromatic rings. The van der Waals surface area contributed by atoms with Crippen LogP contribution in [0, 0.1) is 21.9 Å². The van der Waals surface area contributed by atoms with Gasteiger partial charge >= 0.3 is 6.09 Å². The van der Waals surface area contributed by atoms with Crippen molar-refractivity contribution in [2.45, 2.75) is 32.9 Å². The Balaban J connectivity index is 1.95. The zero-order valence-electron chi connectivity index (χ0n) is 20.1. The summed E-state index contributed by atoms with van der Waals surface area (Å²) < 4.78 is 27.4. The summed E-state index contributed by atoms with van der Waals surface area (Å²) in [6.07, 6.45) is -0.498. The molecule has 0 atom stereocenters. The summed E-state index contributed by atoms with van der Waals surface area (Å²) in [5.74, 6) is -0.0262. The number of nitriles is 1. The van der Waals surface area contributed by atoms with Gasteiger partial charge in [-0.2, -0.15) is 5.26 Å². The molecule has 34 heavy (non-hydrogen) atoms. The molecule has 0 bridgehead atoms. The Morgan fingerprint density at radius 3 is 2.44 bits per heavy atom. The quantitative estimate of drug-likeness (QED) is 0.424. The van der Waals surface area contributed by atoms with Crippen LogP contribution in [0.3, 0.4) is 0 Å². The lowest BCUT2D eigenvalue weighted by Crippen LogP contribution is -2.38. The third-order valence-electron chi connectivity index (χ3n) is 4.76. The van der Waals surface area contributed by atoms with Crippen LogP contribution in [0.4, 0.5) is 15.0 Å². The maximum atomic E-state index is 13.2. The minimum atomic E-state index is -0.660. The number of nitrogens with zero attached hydrogens (tertiary/aromatic N) is 4. The summed E-state index contributed by atoms with van der Waals surface area (Å²) in [6, 6.07) is 7.82. The van der Waals surface area contributed by atoms with Gasteiger partial charge in [-0.05, 0) is 50.7 Å². The van der Waals surface area contributed by atoms with Crippen molar-refractivity contribution in [2.75, 3.05) is 31.6 Å². The van der Waals surface area contributed by atoms with Gasteiger partial charge < -0.3 is 24.3 Å². The molecule has 0 saturated carbocycles. The highest BCUT2D eigenvalue weighted by atomic mass is 32.1. The highest BCUT2D eigenvalue weighted by Crippen LogP contribution is 2.14. The molecule has 0 spiro atoms. The molecule has 184 valence electrons. The monoisotopic (exact) mass is 491 g/mol. The molecule has 2 rings (SSSR count). The van der Waals surface area contributed by atoms with Crippen LogP contribution in [0.25, 0.3) is 0 Å². The number of benzene rings is 1. The largest absolute Gasteiger partial charge is 0.444 e. The van der Waals surface area contributed by atoms with Crippen LogP contribution in [0.2, 0.25) is 0 Å². The Kier molecular flexibility index (Phi) is 9.35. The van der Waals surface area contributed by atoms with Gasteiger partial charge in [-0.15, -0.1) is 0 Å². The molecule has 9 nitrogen and oxygen atoms in total. The van der Waals surface area contributed by atoms with Crippen LogP contribution in [0.5, 0.6) is 0 Å². The summed E-state index contributed by atoms with van der Waals surface area (Å²) in [4.78, 5) is 26.4. The normalized spacial score (nSPS) is 11.1. The number of amides is 1. The number of halogens is 1. The summed E-state index contributed by atoms with van der Waals surface area (Å²) in [5.41, 5.74) is -0.402. The molecule has 0 saturated heterocycles. The number of nitrogens with one attached hydrogen (secondary N) is 1. The first-order valence-electron chi connectivity index (χ1n) is 10.7. The van der Waals surface area contributed by atoms with E-state index in [0.29, 0.717) is 12.4 Å². The fourth-order valence-corrected chi connectivity index (χ4v) is 3.22. The molecule has 0 aliphatic rings. The van der Waals surface area contributed by atoms with Gasteiger partial charge in [0.1, 0.15) is 23.3 Å². The number of carbonyl (C=O) groups excluding carboxylic acids is 1. The van der Waals surface area contributed by atoms with Crippen LogP contribution in [-0.4, -0.2) is 52.0 Å². The zero-order chi connectivity index (χ0) is 25.5. The van der Waals surface area contributed by atoms with E-state index in [0.717, 1.165) is 5.56 Å². The molecule has 0 radical (unpaired) electrons. The predicted octanol–water partition coefficient (Wildman–Crippen LogP) is 3.33. The number of hydrogen-bond donors (Lipinski definition) is 1. The summed E-state index contributed by atoms with van der Waals surface area (Å²) in [7, 11) is 3.18. The molecule has 1 amide bonds. The summed E-state index contributed by atoms with van der Waals surface area (Å²) in [6.45, 7) is 6.64. The lowest BCUT2D eigenvalue weighted by Gasteiger charge is -2.27. The molecule has 1 heterocycles. The zero-order valence-corrected chi connectivity index (χ0v) is 20.9. The molecule has 0 unspecified atom stereocenters. The molecule has 11 heteroatoms. The van der Waals surface area contributed by atoms with E-state index in [1.54, 1.807) is 44.5 Å². The number of carbonyl (C=O) groups is 1. The van der Waals surface area contributed by atoms with Gasteiger partial charge in [0.25, 0.3) is 5.56 Å². The third kappa shape index (κ3) is 7.40. The number of rotatable bonds is 9. The van der Waals surface area contributed by atoms with E-state index in [4.69, 9.17) is 21.7 Å². The first-order valence-corrected chi connectivity index (χ1v) is 11.1.